The molecule has 3 N–H and O–H groups in total. The van der Waals surface area contributed by atoms with Crippen molar-refractivity contribution < 1.29 is 9.53 Å². The zero-order valence-corrected chi connectivity index (χ0v) is 13.1. The van der Waals surface area contributed by atoms with E-state index in [4.69, 9.17) is 4.74 Å². The molecule has 1 fully saturated rings. The van der Waals surface area contributed by atoms with Gasteiger partial charge in [-0.1, -0.05) is 6.07 Å². The van der Waals surface area contributed by atoms with Crippen LogP contribution in [0.3, 0.4) is 0 Å². The first-order valence-electron chi connectivity index (χ1n) is 7.66. The Kier molecular flexibility index (Phi) is 4.89. The minimum Gasteiger partial charge on any atom is -0.378 e. The van der Waals surface area contributed by atoms with E-state index in [-0.39, 0.29) is 11.9 Å². The molecule has 1 aliphatic rings. The van der Waals surface area contributed by atoms with E-state index in [0.29, 0.717) is 19.6 Å². The zero-order valence-electron chi connectivity index (χ0n) is 13.1. The third kappa shape index (κ3) is 4.54. The predicted molar refractivity (Wildman–Crippen MR) is 88.8 cm³/mol. The van der Waals surface area contributed by atoms with Crippen LogP contribution in [0.5, 0.6) is 0 Å². The predicted octanol–water partition coefficient (Wildman–Crippen LogP) is 1.48. The number of ether oxygens (including phenoxy) is 1. The topological polar surface area (TPSA) is 80.2 Å². The highest BCUT2D eigenvalue weighted by Crippen LogP contribution is 2.19. The number of nitrogens with zero attached hydrogens (tertiary/aromatic N) is 2. The van der Waals surface area contributed by atoms with Crippen molar-refractivity contribution in [2.45, 2.75) is 12.5 Å². The lowest BCUT2D eigenvalue weighted by Crippen LogP contribution is -2.43. The van der Waals surface area contributed by atoms with Gasteiger partial charge in [0, 0.05) is 43.6 Å². The zero-order chi connectivity index (χ0) is 16.1. The fraction of sp³-hybridized carbons (Fsp3) is 0.375. The minimum atomic E-state index is -0.0217. The second-order valence-electron chi connectivity index (χ2n) is 5.59. The Bertz CT molecular complexity index is 664. The standard InChI is InChI=1S/C16H21N5O2/c1-21-10-15(9-18-21)19-12-3-2-4-13(7-12)20-16(22)8-14-11-23-6-5-17-14/h2-4,7,9-10,14,17,19H,5-6,8,11H2,1H3,(H,20,22). The summed E-state index contributed by atoms with van der Waals surface area (Å²) in [5, 5.41) is 13.6. The van der Waals surface area contributed by atoms with Crippen molar-refractivity contribution in [3.63, 3.8) is 0 Å². The summed E-state index contributed by atoms with van der Waals surface area (Å²) in [5.41, 5.74) is 2.56. The third-order valence-electron chi connectivity index (χ3n) is 3.57. The van der Waals surface area contributed by atoms with Crippen LogP contribution in [0, 0.1) is 0 Å². The number of hydrogen-bond acceptors (Lipinski definition) is 5. The summed E-state index contributed by atoms with van der Waals surface area (Å²) in [6, 6.07) is 7.70. The number of aromatic nitrogens is 2. The third-order valence-corrected chi connectivity index (χ3v) is 3.57. The maximum absolute atomic E-state index is 12.1. The Labute approximate surface area is 135 Å². The molecule has 0 bridgehead atoms. The summed E-state index contributed by atoms with van der Waals surface area (Å²) < 4.78 is 7.09. The Morgan fingerprint density at radius 2 is 2.30 bits per heavy atom. The molecule has 7 heteroatoms. The van der Waals surface area contributed by atoms with Crippen LogP contribution in [-0.2, 0) is 16.6 Å². The SMILES string of the molecule is Cn1cc(Nc2cccc(NC(=O)CC3COCCN3)c2)cn1. The molecule has 2 heterocycles. The van der Waals surface area contributed by atoms with Crippen molar-refractivity contribution in [2.75, 3.05) is 30.4 Å². The fourth-order valence-corrected chi connectivity index (χ4v) is 2.51. The molecule has 7 nitrogen and oxygen atoms in total. The molecule has 1 amide bonds. The van der Waals surface area contributed by atoms with Crippen molar-refractivity contribution in [1.82, 2.24) is 15.1 Å². The summed E-state index contributed by atoms with van der Waals surface area (Å²) in [5.74, 6) is -0.0217. The first kappa shape index (κ1) is 15.5. The van der Waals surface area contributed by atoms with Gasteiger partial charge >= 0.3 is 0 Å². The van der Waals surface area contributed by atoms with Crippen molar-refractivity contribution in [2.24, 2.45) is 7.05 Å². The lowest BCUT2D eigenvalue weighted by molar-refractivity contribution is -0.117. The van der Waals surface area contributed by atoms with Crippen LogP contribution in [0.4, 0.5) is 17.1 Å². The molecule has 1 saturated heterocycles. The summed E-state index contributed by atoms with van der Waals surface area (Å²) in [4.78, 5) is 12.1. The molecule has 0 radical (unpaired) electrons. The van der Waals surface area contributed by atoms with Crippen molar-refractivity contribution in [3.05, 3.63) is 36.7 Å². The fourth-order valence-electron chi connectivity index (χ4n) is 2.51. The van der Waals surface area contributed by atoms with Crippen LogP contribution in [0.2, 0.25) is 0 Å². The number of amides is 1. The van der Waals surface area contributed by atoms with Crippen molar-refractivity contribution in [3.8, 4) is 0 Å². The Morgan fingerprint density at radius 3 is 3.04 bits per heavy atom. The van der Waals surface area contributed by atoms with Gasteiger partial charge in [-0.15, -0.1) is 0 Å². The largest absolute Gasteiger partial charge is 0.378 e. The van der Waals surface area contributed by atoms with Gasteiger partial charge < -0.3 is 20.7 Å². The highest BCUT2D eigenvalue weighted by molar-refractivity contribution is 5.91. The van der Waals surface area contributed by atoms with Gasteiger partial charge in [0.25, 0.3) is 0 Å². The first-order chi connectivity index (χ1) is 11.2. The van der Waals surface area contributed by atoms with Crippen LogP contribution >= 0.6 is 0 Å². The number of carbonyl (C=O) groups excluding carboxylic acids is 1. The highest BCUT2D eigenvalue weighted by atomic mass is 16.5. The normalized spacial score (nSPS) is 17.7. The highest BCUT2D eigenvalue weighted by Gasteiger charge is 2.16. The van der Waals surface area contributed by atoms with Crippen LogP contribution < -0.4 is 16.0 Å². The summed E-state index contributed by atoms with van der Waals surface area (Å²) in [7, 11) is 1.87. The number of aryl methyl sites for hydroxylation is 1. The second-order valence-corrected chi connectivity index (χ2v) is 5.59. The molecule has 122 valence electrons. The smallest absolute Gasteiger partial charge is 0.226 e. The van der Waals surface area contributed by atoms with Gasteiger partial charge in [-0.05, 0) is 18.2 Å². The van der Waals surface area contributed by atoms with Crippen LogP contribution in [0.25, 0.3) is 0 Å². The molecule has 1 aliphatic heterocycles. The van der Waals surface area contributed by atoms with E-state index in [1.807, 2.05) is 37.5 Å². The van der Waals surface area contributed by atoms with E-state index in [1.165, 1.54) is 0 Å². The molecule has 1 atom stereocenters. The minimum absolute atomic E-state index is 0.0217. The number of anilines is 3. The van der Waals surface area contributed by atoms with Crippen LogP contribution in [0.1, 0.15) is 6.42 Å². The number of benzene rings is 1. The Hall–Kier alpha value is -2.38. The maximum atomic E-state index is 12.1. The van der Waals surface area contributed by atoms with Gasteiger partial charge in [0.2, 0.25) is 5.91 Å². The van der Waals surface area contributed by atoms with Gasteiger partial charge in [0.1, 0.15) is 0 Å². The molecular weight excluding hydrogens is 294 g/mol. The van der Waals surface area contributed by atoms with E-state index in [0.717, 1.165) is 23.6 Å². The summed E-state index contributed by atoms with van der Waals surface area (Å²) in [6.07, 6.45) is 4.04. The average Bonchev–Trinajstić information content (AvgIpc) is 2.93. The molecule has 1 unspecified atom stereocenters. The van der Waals surface area contributed by atoms with E-state index in [9.17, 15) is 4.79 Å². The lowest BCUT2D eigenvalue weighted by atomic mass is 10.2. The first-order valence-corrected chi connectivity index (χ1v) is 7.66. The summed E-state index contributed by atoms with van der Waals surface area (Å²) in [6.45, 7) is 2.08. The number of carbonyl (C=O) groups is 1. The van der Waals surface area contributed by atoms with E-state index in [2.05, 4.69) is 21.0 Å². The number of nitrogens with one attached hydrogen (secondary N) is 3. The second kappa shape index (κ2) is 7.26. The lowest BCUT2D eigenvalue weighted by Gasteiger charge is -2.23. The number of hydrogen-bond donors (Lipinski definition) is 3. The molecule has 1 aromatic heterocycles. The van der Waals surface area contributed by atoms with E-state index in [1.54, 1.807) is 10.9 Å². The molecular formula is C16H21N5O2. The molecule has 1 aromatic carbocycles. The van der Waals surface area contributed by atoms with Crippen LogP contribution in [0.15, 0.2) is 36.7 Å². The van der Waals surface area contributed by atoms with Gasteiger partial charge in [-0.25, -0.2) is 0 Å². The molecule has 3 rings (SSSR count). The Morgan fingerprint density at radius 1 is 1.43 bits per heavy atom. The maximum Gasteiger partial charge on any atom is 0.226 e. The molecule has 0 spiro atoms. The molecule has 2 aromatic rings. The van der Waals surface area contributed by atoms with E-state index < -0.39 is 0 Å². The number of morpholine rings is 1. The van der Waals surface area contributed by atoms with Gasteiger partial charge in [-0.2, -0.15) is 5.10 Å². The quantitative estimate of drug-likeness (QED) is 0.779. The van der Waals surface area contributed by atoms with Gasteiger partial charge in [-0.3, -0.25) is 9.48 Å². The monoisotopic (exact) mass is 315 g/mol. The van der Waals surface area contributed by atoms with Crippen molar-refractivity contribution >= 4 is 23.0 Å². The van der Waals surface area contributed by atoms with Gasteiger partial charge in [0.15, 0.2) is 0 Å². The van der Waals surface area contributed by atoms with Gasteiger partial charge in [0.05, 0.1) is 25.1 Å². The van der Waals surface area contributed by atoms with Crippen LogP contribution in [-0.4, -0.2) is 41.5 Å². The molecule has 0 saturated carbocycles. The summed E-state index contributed by atoms with van der Waals surface area (Å²) >= 11 is 0. The number of rotatable bonds is 5. The average molecular weight is 315 g/mol. The van der Waals surface area contributed by atoms with Crippen molar-refractivity contribution in [1.29, 1.82) is 0 Å². The molecule has 23 heavy (non-hydrogen) atoms. The Balaban J connectivity index is 1.57. The van der Waals surface area contributed by atoms with E-state index >= 15 is 0 Å². The molecule has 0 aliphatic carbocycles.